The van der Waals surface area contributed by atoms with Gasteiger partial charge in [-0.05, 0) is 49.4 Å². The zero-order valence-electron chi connectivity index (χ0n) is 15.2. The number of aromatic nitrogens is 1. The van der Waals surface area contributed by atoms with Gasteiger partial charge >= 0.3 is 0 Å². The summed E-state index contributed by atoms with van der Waals surface area (Å²) in [6.45, 7) is 1.62. The fourth-order valence-electron chi connectivity index (χ4n) is 2.32. The van der Waals surface area contributed by atoms with E-state index >= 15 is 0 Å². The van der Waals surface area contributed by atoms with E-state index in [9.17, 15) is 16.8 Å². The maximum Gasteiger partial charge on any atom is 0.263 e. The smallest absolute Gasteiger partial charge is 0.263 e. The van der Waals surface area contributed by atoms with Crippen molar-refractivity contribution < 1.29 is 26.1 Å². The molecule has 3 aromatic rings. The molecule has 0 saturated heterocycles. The second-order valence-electron chi connectivity index (χ2n) is 5.85. The van der Waals surface area contributed by atoms with E-state index in [1.54, 1.807) is 6.92 Å². The van der Waals surface area contributed by atoms with Gasteiger partial charge < -0.3 is 9.26 Å². The van der Waals surface area contributed by atoms with Crippen molar-refractivity contribution in [1.82, 2.24) is 5.16 Å². The number of hydrogen-bond donors (Lipinski definition) is 2. The molecule has 3 rings (SSSR count). The number of hydrogen-bond acceptors (Lipinski definition) is 7. The lowest BCUT2D eigenvalue weighted by molar-refractivity contribution is 0.400. The second kappa shape index (κ2) is 7.93. The van der Waals surface area contributed by atoms with Crippen LogP contribution in [0.25, 0.3) is 0 Å². The molecule has 29 heavy (non-hydrogen) atoms. The summed E-state index contributed by atoms with van der Waals surface area (Å²) < 4.78 is 64.3. The largest absolute Gasteiger partial charge is 0.497 e. The van der Waals surface area contributed by atoms with Crippen LogP contribution in [0.1, 0.15) is 5.76 Å². The Morgan fingerprint density at radius 1 is 0.931 bits per heavy atom. The van der Waals surface area contributed by atoms with Gasteiger partial charge in [0.2, 0.25) is 0 Å². The topological polar surface area (TPSA) is 128 Å². The van der Waals surface area contributed by atoms with Gasteiger partial charge in [0.05, 0.1) is 27.6 Å². The van der Waals surface area contributed by atoms with Crippen LogP contribution in [0.5, 0.6) is 5.75 Å². The monoisotopic (exact) mass is 457 g/mol. The first kappa shape index (κ1) is 21.0. The van der Waals surface area contributed by atoms with Crippen molar-refractivity contribution in [2.24, 2.45) is 0 Å². The maximum absolute atomic E-state index is 12.5. The van der Waals surface area contributed by atoms with Crippen LogP contribution in [0.2, 0.25) is 5.02 Å². The molecule has 0 radical (unpaired) electrons. The quantitative estimate of drug-likeness (QED) is 0.557. The van der Waals surface area contributed by atoms with Gasteiger partial charge in [-0.3, -0.25) is 9.44 Å². The molecule has 0 bridgehead atoms. The van der Waals surface area contributed by atoms with Crippen molar-refractivity contribution in [3.05, 3.63) is 59.3 Å². The van der Waals surface area contributed by atoms with E-state index < -0.39 is 20.0 Å². The molecule has 1 heterocycles. The van der Waals surface area contributed by atoms with Crippen molar-refractivity contribution in [3.8, 4) is 5.75 Å². The standard InChI is InChI=1S/C17H16ClN3O6S2/c1-11-9-17(19-27-11)21-29(24,25)14-7-8-16(15(18)10-14)20-28(22,23)13-5-3-12(26-2)4-6-13/h3-10,20H,1-2H3,(H,19,21). The van der Waals surface area contributed by atoms with Gasteiger partial charge in [-0.25, -0.2) is 16.8 Å². The molecule has 2 N–H and O–H groups in total. The summed E-state index contributed by atoms with van der Waals surface area (Å²) in [5, 5.41) is 3.47. The second-order valence-corrected chi connectivity index (χ2v) is 9.62. The van der Waals surface area contributed by atoms with Crippen LogP contribution in [0.3, 0.4) is 0 Å². The molecule has 0 aliphatic carbocycles. The number of benzene rings is 2. The fraction of sp³-hybridized carbons (Fsp3) is 0.118. The zero-order valence-corrected chi connectivity index (χ0v) is 17.6. The van der Waals surface area contributed by atoms with Gasteiger partial charge in [0.1, 0.15) is 11.5 Å². The average molecular weight is 458 g/mol. The van der Waals surface area contributed by atoms with Gasteiger partial charge in [0.15, 0.2) is 5.82 Å². The molecule has 0 aliphatic heterocycles. The van der Waals surface area contributed by atoms with E-state index in [0.29, 0.717) is 11.5 Å². The Hall–Kier alpha value is -2.76. The number of aryl methyl sites for hydroxylation is 1. The molecule has 0 unspecified atom stereocenters. The number of nitrogens with one attached hydrogen (secondary N) is 2. The Morgan fingerprint density at radius 3 is 2.10 bits per heavy atom. The molecular formula is C17H16ClN3O6S2. The van der Waals surface area contributed by atoms with Gasteiger partial charge in [-0.1, -0.05) is 16.8 Å². The third kappa shape index (κ3) is 4.81. The van der Waals surface area contributed by atoms with E-state index in [4.69, 9.17) is 20.9 Å². The molecule has 0 spiro atoms. The van der Waals surface area contributed by atoms with Crippen LogP contribution in [0.4, 0.5) is 11.5 Å². The molecule has 9 nitrogen and oxygen atoms in total. The van der Waals surface area contributed by atoms with E-state index in [-0.39, 0.29) is 26.3 Å². The summed E-state index contributed by atoms with van der Waals surface area (Å²) in [5.41, 5.74) is 0.0266. The van der Waals surface area contributed by atoms with Gasteiger partial charge in [0, 0.05) is 6.07 Å². The van der Waals surface area contributed by atoms with E-state index in [0.717, 1.165) is 6.07 Å². The predicted molar refractivity (Wildman–Crippen MR) is 107 cm³/mol. The molecule has 0 amide bonds. The first-order valence-corrected chi connectivity index (χ1v) is 11.4. The summed E-state index contributed by atoms with van der Waals surface area (Å²) in [5.74, 6) is 0.957. The van der Waals surface area contributed by atoms with Crippen molar-refractivity contribution >= 4 is 43.2 Å². The highest BCUT2D eigenvalue weighted by Gasteiger charge is 2.20. The van der Waals surface area contributed by atoms with Crippen LogP contribution in [0.15, 0.2) is 62.8 Å². The number of nitrogens with zero attached hydrogens (tertiary/aromatic N) is 1. The van der Waals surface area contributed by atoms with E-state index in [1.807, 2.05) is 0 Å². The predicted octanol–water partition coefficient (Wildman–Crippen LogP) is 3.25. The minimum Gasteiger partial charge on any atom is -0.497 e. The zero-order chi connectivity index (χ0) is 21.2. The number of halogens is 1. The maximum atomic E-state index is 12.5. The molecule has 0 saturated carbocycles. The van der Waals surface area contributed by atoms with Gasteiger partial charge in [-0.15, -0.1) is 0 Å². The Labute approximate surface area is 172 Å². The Morgan fingerprint density at radius 2 is 1.55 bits per heavy atom. The van der Waals surface area contributed by atoms with Gasteiger partial charge in [0.25, 0.3) is 20.0 Å². The molecule has 12 heteroatoms. The Balaban J connectivity index is 1.83. The number of methoxy groups -OCH3 is 1. The number of sulfonamides is 2. The van der Waals surface area contributed by atoms with E-state index in [1.165, 1.54) is 49.6 Å². The van der Waals surface area contributed by atoms with Crippen LogP contribution in [-0.2, 0) is 20.0 Å². The minimum atomic E-state index is -3.99. The number of ether oxygens (including phenoxy) is 1. The highest BCUT2D eigenvalue weighted by Crippen LogP contribution is 2.28. The molecule has 0 aliphatic rings. The highest BCUT2D eigenvalue weighted by molar-refractivity contribution is 7.93. The number of anilines is 2. The highest BCUT2D eigenvalue weighted by atomic mass is 35.5. The molecule has 1 aromatic heterocycles. The summed E-state index contributed by atoms with van der Waals surface area (Å²) in [6, 6.07) is 10.8. The van der Waals surface area contributed by atoms with E-state index in [2.05, 4.69) is 14.6 Å². The van der Waals surface area contributed by atoms with Gasteiger partial charge in [-0.2, -0.15) is 0 Å². The van der Waals surface area contributed by atoms with Crippen molar-refractivity contribution in [2.75, 3.05) is 16.6 Å². The summed E-state index contributed by atoms with van der Waals surface area (Å²) in [4.78, 5) is -0.176. The molecule has 0 atom stereocenters. The third-order valence-corrected chi connectivity index (χ3v) is 6.78. The molecule has 0 fully saturated rings. The number of rotatable bonds is 7. The summed E-state index contributed by atoms with van der Waals surface area (Å²) in [6.07, 6.45) is 0. The van der Waals surface area contributed by atoms with Crippen molar-refractivity contribution in [1.29, 1.82) is 0 Å². The minimum absolute atomic E-state index is 0.00543. The summed E-state index contributed by atoms with van der Waals surface area (Å²) in [7, 11) is -6.46. The lowest BCUT2D eigenvalue weighted by atomic mass is 10.3. The Bertz CT molecular complexity index is 1240. The lowest BCUT2D eigenvalue weighted by Gasteiger charge is -2.12. The average Bonchev–Trinajstić information content (AvgIpc) is 3.07. The summed E-state index contributed by atoms with van der Waals surface area (Å²) >= 11 is 6.11. The lowest BCUT2D eigenvalue weighted by Crippen LogP contribution is -2.15. The van der Waals surface area contributed by atoms with Crippen LogP contribution in [-0.4, -0.2) is 29.1 Å². The van der Waals surface area contributed by atoms with Crippen molar-refractivity contribution in [2.45, 2.75) is 16.7 Å². The molecule has 2 aromatic carbocycles. The Kier molecular flexibility index (Phi) is 5.73. The molecular weight excluding hydrogens is 442 g/mol. The van der Waals surface area contributed by atoms with Crippen molar-refractivity contribution in [3.63, 3.8) is 0 Å². The first-order chi connectivity index (χ1) is 13.6. The van der Waals surface area contributed by atoms with Crippen LogP contribution >= 0.6 is 11.6 Å². The normalized spacial score (nSPS) is 11.8. The first-order valence-electron chi connectivity index (χ1n) is 8.03. The molecule has 154 valence electrons. The third-order valence-electron chi connectivity index (χ3n) is 3.73. The SMILES string of the molecule is COc1ccc(S(=O)(=O)Nc2ccc(S(=O)(=O)Nc3cc(C)on3)cc2Cl)cc1. The van der Waals surface area contributed by atoms with Crippen LogP contribution in [0, 0.1) is 6.92 Å². The fourth-order valence-corrected chi connectivity index (χ4v) is 4.75. The van der Waals surface area contributed by atoms with Crippen LogP contribution < -0.4 is 14.2 Å².